The van der Waals surface area contributed by atoms with Gasteiger partial charge in [0.05, 0.1) is 35.2 Å². The van der Waals surface area contributed by atoms with Gasteiger partial charge in [0.15, 0.2) is 5.96 Å². The minimum Gasteiger partial charge on any atom is -0.370 e. The molecule has 3 aliphatic heterocycles. The Bertz CT molecular complexity index is 2010. The van der Waals surface area contributed by atoms with Crippen LogP contribution in [0.25, 0.3) is 0 Å². The third kappa shape index (κ3) is 15.1. The molecule has 0 aromatic heterocycles. The molecule has 0 bridgehead atoms. The number of rotatable bonds is 21. The summed E-state index contributed by atoms with van der Waals surface area (Å²) in [6.45, 7) is 8.67. The van der Waals surface area contributed by atoms with Crippen LogP contribution in [0.5, 0.6) is 0 Å². The van der Waals surface area contributed by atoms with E-state index in [4.69, 9.17) is 17.2 Å². The quantitative estimate of drug-likeness (QED) is 0.0604. The summed E-state index contributed by atoms with van der Waals surface area (Å²) < 4.78 is 0. The van der Waals surface area contributed by atoms with E-state index in [0.29, 0.717) is 87.2 Å². The largest absolute Gasteiger partial charge is 0.370 e. The molecule has 3 atom stereocenters. The molecule has 0 spiro atoms. The molecule has 3 aliphatic rings. The molecule has 2 aromatic carbocycles. The van der Waals surface area contributed by atoms with E-state index in [-0.39, 0.29) is 49.6 Å². The lowest BCUT2D eigenvalue weighted by molar-refractivity contribution is -0.136. The first-order valence-corrected chi connectivity index (χ1v) is 22.7. The molecule has 0 radical (unpaired) electrons. The fourth-order valence-corrected chi connectivity index (χ4v) is 8.42. The van der Waals surface area contributed by atoms with Crippen LogP contribution in [0.3, 0.4) is 0 Å². The number of nitrogens with zero attached hydrogens (tertiary/aromatic N) is 5. The monoisotopic (exact) mass is 902 g/mol. The minimum atomic E-state index is -1.06. The van der Waals surface area contributed by atoms with Gasteiger partial charge in [0.1, 0.15) is 12.1 Å². The summed E-state index contributed by atoms with van der Waals surface area (Å²) in [7, 11) is 0. The number of hydrogen-bond acceptors (Lipinski definition) is 12. The molecule has 5 rings (SSSR count). The van der Waals surface area contributed by atoms with Gasteiger partial charge in [-0.3, -0.25) is 58.6 Å². The molecule has 20 heteroatoms. The smallest absolute Gasteiger partial charge is 0.257 e. The summed E-state index contributed by atoms with van der Waals surface area (Å²) in [5, 5.41) is 13.6. The number of carbonyl (C=O) groups is 7. The number of piperidine rings is 1. The van der Waals surface area contributed by atoms with E-state index in [1.54, 1.807) is 23.1 Å². The van der Waals surface area contributed by atoms with Gasteiger partial charge in [0.25, 0.3) is 5.91 Å². The molecule has 20 nitrogen and oxygen atoms in total. The molecule has 0 unspecified atom stereocenters. The average Bonchev–Trinajstić information content (AvgIpc) is 3.41. The number of nitrogens with two attached hydrogens (primary N) is 3. The maximum absolute atomic E-state index is 13.9. The Morgan fingerprint density at radius 1 is 0.800 bits per heavy atom. The number of benzene rings is 2. The summed E-state index contributed by atoms with van der Waals surface area (Å²) in [4.78, 5) is 102. The van der Waals surface area contributed by atoms with Crippen molar-refractivity contribution < 1.29 is 33.6 Å². The lowest BCUT2D eigenvalue weighted by Crippen LogP contribution is -2.56. The third-order valence-electron chi connectivity index (χ3n) is 12.1. The van der Waals surface area contributed by atoms with Gasteiger partial charge >= 0.3 is 0 Å². The number of carbonyl (C=O) groups excluding carboxylic acids is 7. The predicted octanol–water partition coefficient (Wildman–Crippen LogP) is -0.0437. The van der Waals surface area contributed by atoms with Crippen molar-refractivity contribution in [3.8, 4) is 0 Å². The van der Waals surface area contributed by atoms with Crippen molar-refractivity contribution in [1.82, 2.24) is 36.0 Å². The Morgan fingerprint density at radius 3 is 2.18 bits per heavy atom. The zero-order valence-corrected chi connectivity index (χ0v) is 37.7. The van der Waals surface area contributed by atoms with Gasteiger partial charge in [-0.2, -0.15) is 0 Å². The molecular formula is C45H67N13O7. The Kier molecular flexibility index (Phi) is 19.2. The van der Waals surface area contributed by atoms with E-state index in [1.165, 1.54) is 13.8 Å². The average molecular weight is 902 g/mol. The zero-order chi connectivity index (χ0) is 46.9. The zero-order valence-electron chi connectivity index (χ0n) is 37.7. The fourth-order valence-electron chi connectivity index (χ4n) is 8.42. The molecule has 2 fully saturated rings. The number of fused-ring (bicyclic) bond motifs is 2. The van der Waals surface area contributed by atoms with Crippen LogP contribution in [-0.2, 0) is 28.8 Å². The molecule has 0 aliphatic carbocycles. The van der Waals surface area contributed by atoms with E-state index in [1.807, 2.05) is 35.2 Å². The molecule has 7 amide bonds. The second kappa shape index (κ2) is 24.9. The van der Waals surface area contributed by atoms with Gasteiger partial charge in [-0.1, -0.05) is 24.3 Å². The number of nitrogens with one attached hydrogen (secondary N) is 5. The van der Waals surface area contributed by atoms with Crippen LogP contribution in [0, 0.1) is 5.92 Å². The van der Waals surface area contributed by atoms with Gasteiger partial charge in [-0.05, 0) is 102 Å². The number of hydrogen-bond donors (Lipinski definition) is 8. The highest BCUT2D eigenvalue weighted by Gasteiger charge is 2.32. The molecular weight excluding hydrogens is 835 g/mol. The Hall–Kier alpha value is -5.96. The van der Waals surface area contributed by atoms with Crippen LogP contribution in [0.15, 0.2) is 53.5 Å². The van der Waals surface area contributed by atoms with Crippen molar-refractivity contribution in [2.75, 3.05) is 82.2 Å². The summed E-state index contributed by atoms with van der Waals surface area (Å²) in [6, 6.07) is 11.8. The van der Waals surface area contributed by atoms with Crippen molar-refractivity contribution >= 4 is 64.4 Å². The van der Waals surface area contributed by atoms with E-state index < -0.39 is 41.8 Å². The van der Waals surface area contributed by atoms with Crippen LogP contribution in [0.1, 0.15) is 75.6 Å². The first-order valence-electron chi connectivity index (χ1n) is 22.7. The molecule has 2 aromatic rings. The summed E-state index contributed by atoms with van der Waals surface area (Å²) in [6.07, 6.45) is 5.11. The Morgan fingerprint density at radius 2 is 1.49 bits per heavy atom. The number of imide groups is 1. The minimum absolute atomic E-state index is 0.0901. The summed E-state index contributed by atoms with van der Waals surface area (Å²) >= 11 is 0. The van der Waals surface area contributed by atoms with Crippen LogP contribution in [0.4, 0.5) is 17.1 Å². The second-order valence-electron chi connectivity index (χ2n) is 16.9. The van der Waals surface area contributed by atoms with Gasteiger partial charge < -0.3 is 43.4 Å². The summed E-state index contributed by atoms with van der Waals surface area (Å²) in [5.74, 6) is -2.13. The van der Waals surface area contributed by atoms with Crippen LogP contribution in [0.2, 0.25) is 0 Å². The van der Waals surface area contributed by atoms with E-state index in [9.17, 15) is 33.6 Å². The van der Waals surface area contributed by atoms with Gasteiger partial charge in [-0.15, -0.1) is 0 Å². The first-order chi connectivity index (χ1) is 31.2. The molecule has 0 saturated carbocycles. The number of likely N-dealkylation sites (tertiary alicyclic amines) is 1. The van der Waals surface area contributed by atoms with Crippen molar-refractivity contribution in [2.45, 2.75) is 83.3 Å². The van der Waals surface area contributed by atoms with Gasteiger partial charge in [-0.25, -0.2) is 0 Å². The van der Waals surface area contributed by atoms with E-state index in [2.05, 4.69) is 41.4 Å². The van der Waals surface area contributed by atoms with Crippen molar-refractivity contribution in [1.29, 1.82) is 0 Å². The number of para-hydroxylation sites is 3. The van der Waals surface area contributed by atoms with E-state index >= 15 is 0 Å². The number of guanidine groups is 1. The summed E-state index contributed by atoms with van der Waals surface area (Å²) in [5.41, 5.74) is 18.8. The molecule has 11 N–H and O–H groups in total. The highest BCUT2D eigenvalue weighted by atomic mass is 16.2. The lowest BCUT2D eigenvalue weighted by atomic mass is 9.91. The lowest BCUT2D eigenvalue weighted by Gasteiger charge is -2.35. The first kappa shape index (κ1) is 50.0. The Labute approximate surface area is 380 Å². The number of piperazine rings is 1. The fraction of sp³-hybridized carbons (Fsp3) is 0.556. The maximum Gasteiger partial charge on any atom is 0.257 e. The molecule has 65 heavy (non-hydrogen) atoms. The normalized spacial score (nSPS) is 17.0. The standard InChI is InChI=1S/C45H67N13O7/c1-30(41(62)54-44(65)36(12-8-19-46)52-31(2)59)51-43(64)35(16-20-50-45(47)48)49-21-24-55-25-27-57(28-26-55)39(60)15-7-9-32-17-22-56(23-18-32)29-40(61)58-37-13-5-3-10-33(37)42(63)53-34-11-4-6-14-38(34)58/h3-6,10-11,13-14,30,32,35-36,49H,7-9,12,15-29,46H2,1-2H3,(H,51,64)(H,52,59)(H,53,63)(H4,47,48,50)(H,54,62,65)/t30-,35-,36-/m0/s1. The van der Waals surface area contributed by atoms with Crippen LogP contribution < -0.4 is 48.7 Å². The highest BCUT2D eigenvalue weighted by Crippen LogP contribution is 2.38. The Balaban J connectivity index is 0.994. The number of amides is 7. The maximum atomic E-state index is 13.9. The van der Waals surface area contributed by atoms with Gasteiger partial charge in [0.2, 0.25) is 35.4 Å². The van der Waals surface area contributed by atoms with Crippen LogP contribution in [-0.4, -0.2) is 152 Å². The van der Waals surface area contributed by atoms with Crippen molar-refractivity contribution in [3.63, 3.8) is 0 Å². The molecule has 2 saturated heterocycles. The second-order valence-corrected chi connectivity index (χ2v) is 16.9. The van der Waals surface area contributed by atoms with E-state index in [0.717, 1.165) is 38.8 Å². The predicted molar refractivity (Wildman–Crippen MR) is 248 cm³/mol. The van der Waals surface area contributed by atoms with Crippen molar-refractivity contribution in [3.05, 3.63) is 54.1 Å². The van der Waals surface area contributed by atoms with Crippen LogP contribution >= 0.6 is 0 Å². The SMILES string of the molecule is CC(=O)N[C@@H](CCCN)C(=O)NC(=O)[C@H](C)NC(=O)[C@H](CCN=C(N)N)NCCN1CCN(C(=O)CCCC2CCN(CC(=O)N3c4ccccc4NC(=O)c4ccccc43)CC2)CC1. The van der Waals surface area contributed by atoms with Crippen molar-refractivity contribution in [2.24, 2.45) is 28.1 Å². The molecule has 3 heterocycles. The number of aliphatic imine (C=N–C) groups is 1. The topological polar surface area (TPSA) is 283 Å². The highest BCUT2D eigenvalue weighted by molar-refractivity contribution is 6.18. The number of anilines is 3. The molecule has 354 valence electrons. The van der Waals surface area contributed by atoms with Gasteiger partial charge in [0, 0.05) is 59.2 Å². The third-order valence-corrected chi connectivity index (χ3v) is 12.1.